The molecule has 114 valence electrons. The van der Waals surface area contributed by atoms with E-state index in [4.69, 9.17) is 4.74 Å². The van der Waals surface area contributed by atoms with E-state index < -0.39 is 0 Å². The van der Waals surface area contributed by atoms with E-state index in [9.17, 15) is 0 Å². The van der Waals surface area contributed by atoms with Crippen LogP contribution in [0.4, 0.5) is 5.82 Å². The zero-order valence-corrected chi connectivity index (χ0v) is 13.4. The van der Waals surface area contributed by atoms with Gasteiger partial charge >= 0.3 is 0 Å². The zero-order valence-electron chi connectivity index (χ0n) is 13.4. The number of fused-ring (bicyclic) bond motifs is 1. The fourth-order valence-electron chi connectivity index (χ4n) is 2.16. The molecule has 0 fully saturated rings. The molecule has 0 saturated carbocycles. The van der Waals surface area contributed by atoms with Crippen molar-refractivity contribution in [1.82, 2.24) is 10.3 Å². The number of anilines is 1. The summed E-state index contributed by atoms with van der Waals surface area (Å²) in [5.74, 6) is 0.919. The Morgan fingerprint density at radius 1 is 1.14 bits per heavy atom. The van der Waals surface area contributed by atoms with Gasteiger partial charge in [-0.15, -0.1) is 0 Å². The van der Waals surface area contributed by atoms with Gasteiger partial charge in [0, 0.05) is 37.3 Å². The zero-order chi connectivity index (χ0) is 15.3. The van der Waals surface area contributed by atoms with Gasteiger partial charge in [-0.3, -0.25) is 0 Å². The summed E-state index contributed by atoms with van der Waals surface area (Å²) in [5.41, 5.74) is 1.31. The molecule has 0 bridgehead atoms. The Labute approximate surface area is 126 Å². The number of aromatic nitrogens is 1. The van der Waals surface area contributed by atoms with Gasteiger partial charge < -0.3 is 15.4 Å². The number of nitrogens with one attached hydrogen (secondary N) is 2. The van der Waals surface area contributed by atoms with Crippen LogP contribution in [-0.2, 0) is 11.3 Å². The normalized spacial score (nSPS) is 11.8. The highest BCUT2D eigenvalue weighted by Crippen LogP contribution is 2.24. The van der Waals surface area contributed by atoms with E-state index in [0.29, 0.717) is 6.61 Å². The molecule has 1 heterocycles. The van der Waals surface area contributed by atoms with Gasteiger partial charge in [-0.2, -0.15) is 0 Å². The van der Waals surface area contributed by atoms with Gasteiger partial charge in [0.2, 0.25) is 0 Å². The molecule has 0 aliphatic heterocycles. The van der Waals surface area contributed by atoms with Crippen LogP contribution in [0, 0.1) is 0 Å². The van der Waals surface area contributed by atoms with E-state index in [1.807, 2.05) is 12.3 Å². The van der Waals surface area contributed by atoms with Crippen LogP contribution in [0.2, 0.25) is 0 Å². The lowest BCUT2D eigenvalue weighted by molar-refractivity contribution is 0.210. The highest BCUT2D eigenvalue weighted by molar-refractivity contribution is 5.93. The summed E-state index contributed by atoms with van der Waals surface area (Å²) in [4.78, 5) is 4.57. The Hall–Kier alpha value is -1.65. The number of nitrogens with zero attached hydrogens (tertiary/aromatic N) is 1. The maximum atomic E-state index is 5.08. The molecule has 21 heavy (non-hydrogen) atoms. The van der Waals surface area contributed by atoms with Crippen molar-refractivity contribution in [3.63, 3.8) is 0 Å². The first-order chi connectivity index (χ1) is 10.0. The fraction of sp³-hybridized carbons (Fsp3) is 0.471. The van der Waals surface area contributed by atoms with Crippen molar-refractivity contribution in [3.05, 3.63) is 36.0 Å². The molecule has 2 rings (SSSR count). The molecule has 0 atom stereocenters. The van der Waals surface area contributed by atoms with Gasteiger partial charge in [0.15, 0.2) is 0 Å². The molecule has 0 radical (unpaired) electrons. The van der Waals surface area contributed by atoms with Crippen molar-refractivity contribution in [1.29, 1.82) is 0 Å². The van der Waals surface area contributed by atoms with E-state index >= 15 is 0 Å². The van der Waals surface area contributed by atoms with Crippen LogP contribution in [-0.4, -0.2) is 30.8 Å². The second-order valence-electron chi connectivity index (χ2n) is 6.20. The van der Waals surface area contributed by atoms with Gasteiger partial charge in [0.05, 0.1) is 6.61 Å². The quantitative estimate of drug-likeness (QED) is 0.801. The second-order valence-corrected chi connectivity index (χ2v) is 6.20. The van der Waals surface area contributed by atoms with Gasteiger partial charge in [-0.1, -0.05) is 24.3 Å². The largest absolute Gasteiger partial charge is 0.383 e. The Balaban J connectivity index is 2.26. The predicted octanol–water partition coefficient (Wildman–Crippen LogP) is 3.18. The predicted molar refractivity (Wildman–Crippen MR) is 88.7 cm³/mol. The molecule has 0 aliphatic rings. The Kier molecular flexibility index (Phi) is 5.15. The molecule has 1 aromatic carbocycles. The highest BCUT2D eigenvalue weighted by atomic mass is 16.5. The second kappa shape index (κ2) is 6.87. The number of benzene rings is 1. The maximum Gasteiger partial charge on any atom is 0.133 e. The van der Waals surface area contributed by atoms with Crippen LogP contribution >= 0.6 is 0 Å². The van der Waals surface area contributed by atoms with Crippen molar-refractivity contribution >= 4 is 16.6 Å². The number of hydrogen-bond donors (Lipinski definition) is 2. The summed E-state index contributed by atoms with van der Waals surface area (Å²) < 4.78 is 5.08. The summed E-state index contributed by atoms with van der Waals surface area (Å²) in [7, 11) is 1.70. The number of rotatable bonds is 6. The van der Waals surface area contributed by atoms with Gasteiger partial charge in [-0.05, 0) is 31.7 Å². The van der Waals surface area contributed by atoms with E-state index in [-0.39, 0.29) is 5.54 Å². The Morgan fingerprint density at radius 2 is 1.86 bits per heavy atom. The molecular formula is C17H25N3O. The van der Waals surface area contributed by atoms with E-state index in [2.05, 4.69) is 54.6 Å². The molecule has 4 heteroatoms. The first kappa shape index (κ1) is 15.7. The number of pyridine rings is 1. The molecule has 0 spiro atoms. The first-order valence-electron chi connectivity index (χ1n) is 7.36. The van der Waals surface area contributed by atoms with Crippen molar-refractivity contribution < 1.29 is 4.74 Å². The van der Waals surface area contributed by atoms with Crippen molar-refractivity contribution in [2.75, 3.05) is 25.6 Å². The summed E-state index contributed by atoms with van der Waals surface area (Å²) in [6.45, 7) is 8.75. The summed E-state index contributed by atoms with van der Waals surface area (Å²) >= 11 is 0. The molecule has 0 saturated heterocycles. The third kappa shape index (κ3) is 4.41. The maximum absolute atomic E-state index is 5.08. The number of ether oxygens (including phenoxy) is 1. The van der Waals surface area contributed by atoms with Crippen LogP contribution in [0.3, 0.4) is 0 Å². The third-order valence-electron chi connectivity index (χ3n) is 3.29. The van der Waals surface area contributed by atoms with Crippen molar-refractivity contribution in [2.24, 2.45) is 0 Å². The van der Waals surface area contributed by atoms with Gasteiger partial charge in [0.25, 0.3) is 0 Å². The molecule has 2 N–H and O–H groups in total. The monoisotopic (exact) mass is 287 g/mol. The lowest BCUT2D eigenvalue weighted by atomic mass is 10.0. The average Bonchev–Trinajstić information content (AvgIpc) is 2.45. The van der Waals surface area contributed by atoms with Crippen molar-refractivity contribution in [2.45, 2.75) is 32.9 Å². The molecular weight excluding hydrogens is 262 g/mol. The first-order valence-corrected chi connectivity index (χ1v) is 7.36. The minimum atomic E-state index is 0.0937. The van der Waals surface area contributed by atoms with E-state index in [0.717, 1.165) is 24.3 Å². The molecule has 1 aromatic heterocycles. The summed E-state index contributed by atoms with van der Waals surface area (Å²) in [6, 6.07) is 8.38. The molecule has 2 aromatic rings. The van der Waals surface area contributed by atoms with Crippen LogP contribution in [0.15, 0.2) is 30.5 Å². The molecule has 0 unspecified atom stereocenters. The van der Waals surface area contributed by atoms with Crippen LogP contribution in [0.25, 0.3) is 10.8 Å². The molecule has 0 aliphatic carbocycles. The smallest absolute Gasteiger partial charge is 0.133 e. The topological polar surface area (TPSA) is 46.2 Å². The van der Waals surface area contributed by atoms with Crippen molar-refractivity contribution in [3.8, 4) is 0 Å². The summed E-state index contributed by atoms with van der Waals surface area (Å²) in [6.07, 6.45) is 1.95. The number of hydrogen-bond acceptors (Lipinski definition) is 4. The van der Waals surface area contributed by atoms with Gasteiger partial charge in [0.1, 0.15) is 5.82 Å². The van der Waals surface area contributed by atoms with E-state index in [1.54, 1.807) is 7.11 Å². The minimum absolute atomic E-state index is 0.0937. The highest BCUT2D eigenvalue weighted by Gasteiger charge is 2.11. The fourth-order valence-corrected chi connectivity index (χ4v) is 2.16. The van der Waals surface area contributed by atoms with Crippen LogP contribution < -0.4 is 10.6 Å². The summed E-state index contributed by atoms with van der Waals surface area (Å²) in [5, 5.41) is 9.25. The SMILES string of the molecule is COCCNc1ncc(CNC(C)(C)C)c2ccccc12. The standard InChI is InChI=1S/C17H25N3O/c1-17(2,3)20-12-13-11-19-16(18-9-10-21-4)15-8-6-5-7-14(13)15/h5-8,11,20H,9-10,12H2,1-4H3,(H,18,19). The lowest BCUT2D eigenvalue weighted by Crippen LogP contribution is -2.35. The number of methoxy groups -OCH3 is 1. The van der Waals surface area contributed by atoms with Gasteiger partial charge in [-0.25, -0.2) is 4.98 Å². The van der Waals surface area contributed by atoms with Crippen LogP contribution in [0.1, 0.15) is 26.3 Å². The molecule has 4 nitrogen and oxygen atoms in total. The molecule has 0 amide bonds. The lowest BCUT2D eigenvalue weighted by Gasteiger charge is -2.21. The Bertz CT molecular complexity index is 590. The van der Waals surface area contributed by atoms with Crippen LogP contribution in [0.5, 0.6) is 0 Å². The van der Waals surface area contributed by atoms with E-state index in [1.165, 1.54) is 10.9 Å². The third-order valence-corrected chi connectivity index (χ3v) is 3.29. The average molecular weight is 287 g/mol. The Morgan fingerprint density at radius 3 is 2.52 bits per heavy atom. The minimum Gasteiger partial charge on any atom is -0.383 e.